The summed E-state index contributed by atoms with van der Waals surface area (Å²) in [5.41, 5.74) is 5.57. The molecule has 1 amide bonds. The van der Waals surface area contributed by atoms with Gasteiger partial charge in [0.1, 0.15) is 6.04 Å². The summed E-state index contributed by atoms with van der Waals surface area (Å²) in [6.07, 6.45) is 0.696. The first-order valence-corrected chi connectivity index (χ1v) is 4.88. The molecule has 2 rings (SSSR count). The van der Waals surface area contributed by atoms with Gasteiger partial charge in [-0.05, 0) is 0 Å². The van der Waals surface area contributed by atoms with Crippen LogP contribution in [0.4, 0.5) is 0 Å². The van der Waals surface area contributed by atoms with Crippen molar-refractivity contribution in [3.63, 3.8) is 0 Å². The minimum absolute atomic E-state index is 0.0587. The van der Waals surface area contributed by atoms with Crippen LogP contribution in [0.25, 0.3) is 0 Å². The molecule has 2 saturated heterocycles. The van der Waals surface area contributed by atoms with Gasteiger partial charge in [-0.25, -0.2) is 0 Å². The molecule has 0 aromatic rings. The van der Waals surface area contributed by atoms with E-state index >= 15 is 0 Å². The van der Waals surface area contributed by atoms with E-state index in [9.17, 15) is 4.79 Å². The van der Waals surface area contributed by atoms with Gasteiger partial charge in [0.15, 0.2) is 0 Å². The summed E-state index contributed by atoms with van der Waals surface area (Å²) in [7, 11) is 0. The van der Waals surface area contributed by atoms with Gasteiger partial charge >= 0.3 is 0 Å². The van der Waals surface area contributed by atoms with E-state index in [4.69, 9.17) is 11.0 Å². The predicted molar refractivity (Wildman–Crippen MR) is 45.1 cm³/mol. The fraction of sp³-hybridized carbons (Fsp3) is 0.714. The van der Waals surface area contributed by atoms with Gasteiger partial charge in [-0.1, -0.05) is 0 Å². The average Bonchev–Trinajstić information content (AvgIpc) is 2.55. The molecule has 2 N–H and O–H groups in total. The highest BCUT2D eigenvalue weighted by atomic mass is 32.2. The largest absolute Gasteiger partial charge is 0.320 e. The summed E-state index contributed by atoms with van der Waals surface area (Å²) in [5.74, 6) is 0.677. The first-order chi connectivity index (χ1) is 5.74. The molecule has 2 fully saturated rings. The molecule has 2 heterocycles. The van der Waals surface area contributed by atoms with Gasteiger partial charge in [0.25, 0.3) is 0 Å². The number of thioether (sulfide) groups is 1. The monoisotopic (exact) mass is 183 g/mol. The zero-order chi connectivity index (χ0) is 8.72. The molecule has 64 valence electrons. The van der Waals surface area contributed by atoms with Gasteiger partial charge in [-0.15, -0.1) is 11.8 Å². The van der Waals surface area contributed by atoms with E-state index in [1.165, 1.54) is 0 Å². The average molecular weight is 183 g/mol. The first-order valence-electron chi connectivity index (χ1n) is 3.83. The Morgan fingerprint density at radius 2 is 2.50 bits per heavy atom. The number of amides is 1. The quantitative estimate of drug-likeness (QED) is 0.550. The number of fused-ring (bicyclic) bond motifs is 1. The Bertz CT molecular complexity index is 262. The summed E-state index contributed by atoms with van der Waals surface area (Å²) >= 11 is 1.66. The van der Waals surface area contributed by atoms with E-state index in [2.05, 4.69) is 6.07 Å². The highest BCUT2D eigenvalue weighted by Gasteiger charge is 2.46. The number of hydrogen-bond acceptors (Lipinski definition) is 4. The fourth-order valence-corrected chi connectivity index (χ4v) is 3.04. The lowest BCUT2D eigenvalue weighted by molar-refractivity contribution is -0.129. The number of rotatable bonds is 0. The lowest BCUT2D eigenvalue weighted by Crippen LogP contribution is -2.39. The Hall–Kier alpha value is -0.730. The van der Waals surface area contributed by atoms with Crippen LogP contribution in [0.3, 0.4) is 0 Å². The summed E-state index contributed by atoms with van der Waals surface area (Å²) in [4.78, 5) is 13.0. The van der Waals surface area contributed by atoms with E-state index < -0.39 is 0 Å². The molecule has 0 radical (unpaired) electrons. The maximum Gasteiger partial charge on any atom is 0.241 e. The van der Waals surface area contributed by atoms with Crippen LogP contribution in [0.5, 0.6) is 0 Å². The van der Waals surface area contributed by atoms with E-state index in [0.717, 1.165) is 5.75 Å². The third-order valence-corrected chi connectivity index (χ3v) is 3.58. The van der Waals surface area contributed by atoms with Crippen LogP contribution >= 0.6 is 11.8 Å². The Labute approximate surface area is 74.7 Å². The summed E-state index contributed by atoms with van der Waals surface area (Å²) in [6, 6.07) is 1.49. The molecular weight excluding hydrogens is 174 g/mol. The summed E-state index contributed by atoms with van der Waals surface area (Å²) in [5, 5.41) is 8.88. The molecule has 0 spiro atoms. The molecule has 0 aromatic heterocycles. The van der Waals surface area contributed by atoms with Crippen molar-refractivity contribution in [2.45, 2.75) is 23.9 Å². The Balaban J connectivity index is 2.22. The van der Waals surface area contributed by atoms with Gasteiger partial charge in [-0.2, -0.15) is 5.26 Å². The Kier molecular flexibility index (Phi) is 1.74. The van der Waals surface area contributed by atoms with E-state index in [1.54, 1.807) is 16.7 Å². The predicted octanol–water partition coefficient (Wildman–Crippen LogP) is -0.489. The molecule has 0 bridgehead atoms. The van der Waals surface area contributed by atoms with Crippen molar-refractivity contribution in [3.8, 4) is 6.07 Å². The van der Waals surface area contributed by atoms with Crippen LogP contribution in [0.15, 0.2) is 0 Å². The van der Waals surface area contributed by atoms with Gasteiger partial charge in [-0.3, -0.25) is 4.79 Å². The lowest BCUT2D eigenvalue weighted by atomic mass is 10.3. The molecule has 0 saturated carbocycles. The SMILES string of the molecule is N#C[C@@H]1CS[C@H]2C[C@H](N)C(=O)N12. The number of hydrogen-bond donors (Lipinski definition) is 1. The highest BCUT2D eigenvalue weighted by Crippen LogP contribution is 2.36. The van der Waals surface area contributed by atoms with Gasteiger partial charge in [0.2, 0.25) is 5.91 Å². The fourth-order valence-electron chi connectivity index (χ4n) is 1.65. The molecule has 4 nitrogen and oxygen atoms in total. The second-order valence-corrected chi connectivity index (χ2v) is 4.23. The van der Waals surface area contributed by atoms with Crippen LogP contribution in [0, 0.1) is 11.3 Å². The van der Waals surface area contributed by atoms with Crippen LogP contribution < -0.4 is 5.73 Å². The Morgan fingerprint density at radius 1 is 1.75 bits per heavy atom. The van der Waals surface area contributed by atoms with Crippen molar-refractivity contribution < 1.29 is 4.79 Å². The maximum atomic E-state index is 11.4. The number of nitriles is 1. The minimum Gasteiger partial charge on any atom is -0.320 e. The van der Waals surface area contributed by atoms with Crippen molar-refractivity contribution >= 4 is 17.7 Å². The molecule has 2 aliphatic rings. The van der Waals surface area contributed by atoms with Crippen molar-refractivity contribution in [3.05, 3.63) is 0 Å². The van der Waals surface area contributed by atoms with Gasteiger partial charge < -0.3 is 10.6 Å². The van der Waals surface area contributed by atoms with Crippen molar-refractivity contribution in [1.29, 1.82) is 5.26 Å². The van der Waals surface area contributed by atoms with Gasteiger partial charge in [0.05, 0.1) is 17.5 Å². The molecule has 5 heteroatoms. The highest BCUT2D eigenvalue weighted by molar-refractivity contribution is 8.00. The smallest absolute Gasteiger partial charge is 0.241 e. The first kappa shape index (κ1) is 7.90. The molecule has 12 heavy (non-hydrogen) atoms. The van der Waals surface area contributed by atoms with E-state index in [1.807, 2.05) is 0 Å². The number of carbonyl (C=O) groups is 1. The standard InChI is InChI=1S/C7H9N3OS/c8-2-4-3-12-6-1-5(9)7(11)10(4)6/h4-6H,1,3,9H2/t4-,5+,6+/m1/s1. The third-order valence-electron chi connectivity index (χ3n) is 2.27. The van der Waals surface area contributed by atoms with E-state index in [-0.39, 0.29) is 23.4 Å². The topological polar surface area (TPSA) is 70.1 Å². The summed E-state index contributed by atoms with van der Waals surface area (Å²) < 4.78 is 0. The molecule has 0 unspecified atom stereocenters. The zero-order valence-electron chi connectivity index (χ0n) is 6.43. The normalized spacial score (nSPS) is 39.8. The second kappa shape index (κ2) is 2.64. The maximum absolute atomic E-state index is 11.4. The van der Waals surface area contributed by atoms with Crippen LogP contribution in [0.2, 0.25) is 0 Å². The summed E-state index contributed by atoms with van der Waals surface area (Å²) in [6.45, 7) is 0. The number of nitrogens with two attached hydrogens (primary N) is 1. The lowest BCUT2D eigenvalue weighted by Gasteiger charge is -2.17. The molecule has 2 aliphatic heterocycles. The van der Waals surface area contributed by atoms with Crippen LogP contribution in [-0.4, -0.2) is 34.0 Å². The van der Waals surface area contributed by atoms with E-state index in [0.29, 0.717) is 6.42 Å². The molecule has 0 aromatic carbocycles. The second-order valence-electron chi connectivity index (χ2n) is 3.02. The zero-order valence-corrected chi connectivity index (χ0v) is 7.25. The number of carbonyl (C=O) groups excluding carboxylic acids is 1. The molecule has 0 aliphatic carbocycles. The molecular formula is C7H9N3OS. The van der Waals surface area contributed by atoms with Crippen LogP contribution in [0.1, 0.15) is 6.42 Å². The Morgan fingerprint density at radius 3 is 3.17 bits per heavy atom. The minimum atomic E-state index is -0.376. The molecule has 3 atom stereocenters. The number of nitrogens with zero attached hydrogens (tertiary/aromatic N) is 2. The third kappa shape index (κ3) is 0.919. The van der Waals surface area contributed by atoms with Gasteiger partial charge in [0, 0.05) is 12.2 Å². The van der Waals surface area contributed by atoms with Crippen molar-refractivity contribution in [1.82, 2.24) is 4.90 Å². The van der Waals surface area contributed by atoms with Crippen LogP contribution in [-0.2, 0) is 4.79 Å². The van der Waals surface area contributed by atoms with Crippen molar-refractivity contribution in [2.75, 3.05) is 5.75 Å². The van der Waals surface area contributed by atoms with Crippen molar-refractivity contribution in [2.24, 2.45) is 5.73 Å².